The molecule has 0 rings (SSSR count). The minimum Gasteiger partial charge on any atom is -0.438 e. The van der Waals surface area contributed by atoms with Gasteiger partial charge >= 0.3 is 0 Å². The van der Waals surface area contributed by atoms with Crippen molar-refractivity contribution >= 4 is 6.47 Å². The molecule has 0 aromatic rings. The van der Waals surface area contributed by atoms with E-state index in [0.29, 0.717) is 0 Å². The summed E-state index contributed by atoms with van der Waals surface area (Å²) in [5.41, 5.74) is 0. The fraction of sp³-hybridized carbons (Fsp3) is 0.800. The first kappa shape index (κ1) is 8.39. The molecular formula is C5H10O4. The fourth-order valence-corrected chi connectivity index (χ4v) is 0.388. The lowest BCUT2D eigenvalue weighted by atomic mass is 10.7. The maximum Gasteiger partial charge on any atom is 0.295 e. The summed E-state index contributed by atoms with van der Waals surface area (Å²) < 4.78 is 8.88. The Hall–Kier alpha value is -0.610. The highest BCUT2D eigenvalue weighted by atomic mass is 16.7. The molecule has 0 aliphatic heterocycles. The van der Waals surface area contributed by atoms with Crippen LogP contribution in [0.3, 0.4) is 0 Å². The number of aliphatic hydroxyl groups excluding tert-OH is 1. The Labute approximate surface area is 53.4 Å². The molecule has 0 aliphatic carbocycles. The Bertz CT molecular complexity index is 81.0. The minimum absolute atomic E-state index is 0.271. The first-order valence-electron chi connectivity index (χ1n) is 2.59. The Balaban J connectivity index is 3.25. The second kappa shape index (κ2) is 4.29. The summed E-state index contributed by atoms with van der Waals surface area (Å²) in [6.07, 6.45) is -1.58. The third kappa shape index (κ3) is 5.26. The normalized spacial score (nSPS) is 16.3. The molecule has 54 valence electrons. The molecule has 0 spiro atoms. The maximum absolute atomic E-state index is 9.61. The van der Waals surface area contributed by atoms with Crippen molar-refractivity contribution in [3.05, 3.63) is 0 Å². The first-order valence-corrected chi connectivity index (χ1v) is 2.59. The highest BCUT2D eigenvalue weighted by Gasteiger charge is 2.03. The molecule has 0 fully saturated rings. The van der Waals surface area contributed by atoms with Crippen molar-refractivity contribution in [2.75, 3.05) is 0 Å². The number of hydrogen-bond donors (Lipinski definition) is 1. The van der Waals surface area contributed by atoms with E-state index in [-0.39, 0.29) is 6.47 Å². The molecule has 1 N–H and O–H groups in total. The summed E-state index contributed by atoms with van der Waals surface area (Å²) in [6, 6.07) is 0. The van der Waals surface area contributed by atoms with E-state index in [0.717, 1.165) is 0 Å². The van der Waals surface area contributed by atoms with Gasteiger partial charge in [-0.2, -0.15) is 0 Å². The molecule has 9 heavy (non-hydrogen) atoms. The third-order valence-electron chi connectivity index (χ3n) is 0.636. The topological polar surface area (TPSA) is 55.8 Å². The predicted molar refractivity (Wildman–Crippen MR) is 29.4 cm³/mol. The molecule has 0 heterocycles. The molecule has 4 heteroatoms. The average Bonchev–Trinajstić information content (AvgIpc) is 1.63. The highest BCUT2D eigenvalue weighted by molar-refractivity contribution is 5.37. The van der Waals surface area contributed by atoms with Crippen molar-refractivity contribution in [2.24, 2.45) is 0 Å². The Kier molecular flexibility index (Phi) is 4.00. The molecule has 0 aromatic carbocycles. The van der Waals surface area contributed by atoms with E-state index >= 15 is 0 Å². The number of carbonyl (C=O) groups is 1. The van der Waals surface area contributed by atoms with Gasteiger partial charge in [0.05, 0.1) is 0 Å². The van der Waals surface area contributed by atoms with Gasteiger partial charge in [-0.25, -0.2) is 0 Å². The van der Waals surface area contributed by atoms with Crippen LogP contribution in [0.5, 0.6) is 0 Å². The van der Waals surface area contributed by atoms with Crippen LogP contribution in [-0.4, -0.2) is 24.2 Å². The average molecular weight is 134 g/mol. The monoisotopic (exact) mass is 134 g/mol. The number of hydrogen-bond acceptors (Lipinski definition) is 4. The van der Waals surface area contributed by atoms with Crippen LogP contribution in [0.1, 0.15) is 13.8 Å². The minimum atomic E-state index is -0.903. The van der Waals surface area contributed by atoms with E-state index in [2.05, 4.69) is 9.47 Å². The molecule has 0 radical (unpaired) electrons. The molecule has 4 nitrogen and oxygen atoms in total. The van der Waals surface area contributed by atoms with Gasteiger partial charge in [0.15, 0.2) is 6.29 Å². The predicted octanol–water partition coefficient (Wildman–Crippen LogP) is -0.140. The van der Waals surface area contributed by atoms with Crippen LogP contribution in [0.2, 0.25) is 0 Å². The number of ether oxygens (including phenoxy) is 2. The highest BCUT2D eigenvalue weighted by Crippen LogP contribution is 1.93. The van der Waals surface area contributed by atoms with Gasteiger partial charge in [-0.1, -0.05) is 0 Å². The zero-order valence-corrected chi connectivity index (χ0v) is 5.40. The van der Waals surface area contributed by atoms with Crippen molar-refractivity contribution in [3.8, 4) is 0 Å². The lowest BCUT2D eigenvalue weighted by molar-refractivity contribution is -0.205. The molecule has 2 atom stereocenters. The number of rotatable bonds is 4. The van der Waals surface area contributed by atoms with Crippen molar-refractivity contribution in [3.63, 3.8) is 0 Å². The van der Waals surface area contributed by atoms with Crippen molar-refractivity contribution < 1.29 is 19.4 Å². The maximum atomic E-state index is 9.61. The molecular weight excluding hydrogens is 124 g/mol. The number of carbonyl (C=O) groups excluding carboxylic acids is 1. The van der Waals surface area contributed by atoms with Crippen LogP contribution in [0.4, 0.5) is 0 Å². The Morgan fingerprint density at radius 3 is 2.44 bits per heavy atom. The van der Waals surface area contributed by atoms with E-state index in [9.17, 15) is 4.79 Å². The summed E-state index contributed by atoms with van der Waals surface area (Å²) in [5.74, 6) is 0. The van der Waals surface area contributed by atoms with Gasteiger partial charge in [-0.3, -0.25) is 4.79 Å². The van der Waals surface area contributed by atoms with Gasteiger partial charge in [-0.15, -0.1) is 0 Å². The molecule has 0 aliphatic rings. The first-order chi connectivity index (χ1) is 4.16. The van der Waals surface area contributed by atoms with Crippen LogP contribution in [-0.2, 0) is 14.3 Å². The summed E-state index contributed by atoms with van der Waals surface area (Å²) in [7, 11) is 0. The van der Waals surface area contributed by atoms with Crippen molar-refractivity contribution in [1.29, 1.82) is 0 Å². The molecule has 0 bridgehead atoms. The van der Waals surface area contributed by atoms with Gasteiger partial charge in [0.1, 0.15) is 0 Å². The Morgan fingerprint density at radius 2 is 2.11 bits per heavy atom. The van der Waals surface area contributed by atoms with Gasteiger partial charge in [0.2, 0.25) is 6.29 Å². The zero-order chi connectivity index (χ0) is 7.28. The summed E-state index contributed by atoms with van der Waals surface area (Å²) >= 11 is 0. The third-order valence-corrected chi connectivity index (χ3v) is 0.636. The lowest BCUT2D eigenvalue weighted by Gasteiger charge is -2.11. The van der Waals surface area contributed by atoms with Gasteiger partial charge in [0, 0.05) is 0 Å². The molecule has 0 amide bonds. The standard InChI is InChI=1S/C5H10O4/c1-4(7)9-5(2)8-3-6/h3-5,7H,1-2H3. The molecule has 2 unspecified atom stereocenters. The molecule has 0 saturated heterocycles. The number of aliphatic hydroxyl groups is 1. The van der Waals surface area contributed by atoms with Crippen LogP contribution < -0.4 is 0 Å². The summed E-state index contributed by atoms with van der Waals surface area (Å²) in [4.78, 5) is 9.61. The van der Waals surface area contributed by atoms with E-state index < -0.39 is 12.6 Å². The van der Waals surface area contributed by atoms with E-state index in [1.165, 1.54) is 13.8 Å². The second-order valence-electron chi connectivity index (χ2n) is 1.54. The zero-order valence-electron chi connectivity index (χ0n) is 5.40. The summed E-state index contributed by atoms with van der Waals surface area (Å²) in [5, 5.41) is 8.53. The molecule has 0 aromatic heterocycles. The van der Waals surface area contributed by atoms with Gasteiger partial charge < -0.3 is 14.6 Å². The Morgan fingerprint density at radius 1 is 1.56 bits per heavy atom. The lowest BCUT2D eigenvalue weighted by Crippen LogP contribution is -2.18. The smallest absolute Gasteiger partial charge is 0.295 e. The van der Waals surface area contributed by atoms with Crippen LogP contribution in [0.15, 0.2) is 0 Å². The quantitative estimate of drug-likeness (QED) is 0.429. The molecule has 0 saturated carbocycles. The van der Waals surface area contributed by atoms with Gasteiger partial charge in [0.25, 0.3) is 6.47 Å². The SMILES string of the molecule is CC(O)OC(C)OC=O. The van der Waals surface area contributed by atoms with Crippen LogP contribution >= 0.6 is 0 Å². The second-order valence-corrected chi connectivity index (χ2v) is 1.54. The van der Waals surface area contributed by atoms with E-state index in [1.807, 2.05) is 0 Å². The summed E-state index contributed by atoms with van der Waals surface area (Å²) in [6.45, 7) is 3.22. The van der Waals surface area contributed by atoms with Crippen LogP contribution in [0, 0.1) is 0 Å². The van der Waals surface area contributed by atoms with Crippen molar-refractivity contribution in [2.45, 2.75) is 26.4 Å². The van der Waals surface area contributed by atoms with E-state index in [1.54, 1.807) is 0 Å². The fourth-order valence-electron chi connectivity index (χ4n) is 0.388. The largest absolute Gasteiger partial charge is 0.438 e. The van der Waals surface area contributed by atoms with Crippen molar-refractivity contribution in [1.82, 2.24) is 0 Å². The van der Waals surface area contributed by atoms with Gasteiger partial charge in [-0.05, 0) is 13.8 Å². The van der Waals surface area contributed by atoms with E-state index in [4.69, 9.17) is 5.11 Å². The van der Waals surface area contributed by atoms with Crippen LogP contribution in [0.25, 0.3) is 0 Å².